The second-order valence-corrected chi connectivity index (χ2v) is 7.98. The lowest BCUT2D eigenvalue weighted by Gasteiger charge is -2.34. The quantitative estimate of drug-likeness (QED) is 0.659. The molecule has 116 valence electrons. The Morgan fingerprint density at radius 1 is 1.24 bits per heavy atom. The van der Waals surface area contributed by atoms with Gasteiger partial charge in [0.2, 0.25) is 0 Å². The highest BCUT2D eigenvalue weighted by atomic mass is 16.6. The zero-order valence-corrected chi connectivity index (χ0v) is 14.3. The van der Waals surface area contributed by atoms with Crippen molar-refractivity contribution in [1.82, 2.24) is 0 Å². The molecule has 1 aromatic carbocycles. The zero-order chi connectivity index (χ0) is 15.2. The summed E-state index contributed by atoms with van der Waals surface area (Å²) in [6, 6.07) is 7.11. The van der Waals surface area contributed by atoms with Crippen LogP contribution >= 0.6 is 0 Å². The molecule has 1 nitrogen and oxygen atoms in total. The summed E-state index contributed by atoms with van der Waals surface area (Å²) in [7, 11) is 0. The zero-order valence-electron chi connectivity index (χ0n) is 14.3. The highest BCUT2D eigenvalue weighted by molar-refractivity contribution is 5.38. The van der Waals surface area contributed by atoms with Crippen molar-refractivity contribution < 1.29 is 4.74 Å². The predicted octanol–water partition coefficient (Wildman–Crippen LogP) is 5.57. The average molecular weight is 286 g/mol. The van der Waals surface area contributed by atoms with Crippen molar-refractivity contribution in [3.05, 3.63) is 34.9 Å². The van der Waals surface area contributed by atoms with Gasteiger partial charge in [-0.15, -0.1) is 0 Å². The van der Waals surface area contributed by atoms with Gasteiger partial charge in [0.25, 0.3) is 0 Å². The highest BCUT2D eigenvalue weighted by Crippen LogP contribution is 2.45. The summed E-state index contributed by atoms with van der Waals surface area (Å²) in [5, 5.41) is 0. The van der Waals surface area contributed by atoms with Crippen LogP contribution in [0.4, 0.5) is 0 Å². The molecule has 1 aliphatic heterocycles. The second kappa shape index (κ2) is 5.43. The average Bonchev–Trinajstić information content (AvgIpc) is 3.04. The Morgan fingerprint density at radius 2 is 1.95 bits per heavy atom. The molecule has 0 N–H and O–H groups in total. The van der Waals surface area contributed by atoms with Gasteiger partial charge in [-0.2, -0.15) is 0 Å². The van der Waals surface area contributed by atoms with E-state index in [1.165, 1.54) is 31.2 Å². The standard InChI is InChI=1S/C20H30O/c1-13-6-9-16-14(2)7-10-17(18(16)12-13)15(3)8-11-19-20(4,5)21-19/h6,9,12,14-15,17,19H,7-8,10-11H2,1-5H3/t14?,15-,17?,19?/m0/s1. The van der Waals surface area contributed by atoms with Gasteiger partial charge in [0, 0.05) is 0 Å². The van der Waals surface area contributed by atoms with Crippen LogP contribution < -0.4 is 0 Å². The smallest absolute Gasteiger partial charge is 0.0892 e. The van der Waals surface area contributed by atoms with Crippen LogP contribution in [0.3, 0.4) is 0 Å². The van der Waals surface area contributed by atoms with Crippen LogP contribution in [-0.4, -0.2) is 11.7 Å². The molecule has 0 radical (unpaired) electrons. The first-order valence-electron chi connectivity index (χ1n) is 8.66. The van der Waals surface area contributed by atoms with E-state index < -0.39 is 0 Å². The van der Waals surface area contributed by atoms with Crippen LogP contribution in [-0.2, 0) is 4.74 Å². The van der Waals surface area contributed by atoms with E-state index in [4.69, 9.17) is 4.74 Å². The SMILES string of the molecule is Cc1ccc2c(c1)C([C@@H](C)CCC1OC1(C)C)CCC2C. The fourth-order valence-electron chi connectivity index (χ4n) is 4.15. The monoisotopic (exact) mass is 286 g/mol. The Bertz CT molecular complexity index is 517. The van der Waals surface area contributed by atoms with E-state index in [0.29, 0.717) is 6.10 Å². The normalized spacial score (nSPS) is 31.6. The van der Waals surface area contributed by atoms with Gasteiger partial charge in [-0.3, -0.25) is 0 Å². The van der Waals surface area contributed by atoms with Gasteiger partial charge in [0.05, 0.1) is 11.7 Å². The molecule has 0 aromatic heterocycles. The minimum absolute atomic E-state index is 0.148. The van der Waals surface area contributed by atoms with Crippen molar-refractivity contribution >= 4 is 0 Å². The van der Waals surface area contributed by atoms with Crippen molar-refractivity contribution in [2.24, 2.45) is 5.92 Å². The van der Waals surface area contributed by atoms with Gasteiger partial charge >= 0.3 is 0 Å². The molecule has 0 amide bonds. The van der Waals surface area contributed by atoms with Crippen LogP contribution in [0.15, 0.2) is 18.2 Å². The third-order valence-corrected chi connectivity index (χ3v) is 5.82. The molecule has 1 saturated heterocycles. The van der Waals surface area contributed by atoms with E-state index in [0.717, 1.165) is 17.8 Å². The molecular formula is C20H30O. The molecule has 21 heavy (non-hydrogen) atoms. The van der Waals surface area contributed by atoms with Crippen LogP contribution in [0, 0.1) is 12.8 Å². The summed E-state index contributed by atoms with van der Waals surface area (Å²) in [5.41, 5.74) is 4.80. The third-order valence-electron chi connectivity index (χ3n) is 5.82. The Morgan fingerprint density at radius 3 is 2.62 bits per heavy atom. The molecule has 1 fully saturated rings. The number of hydrogen-bond acceptors (Lipinski definition) is 1. The fourth-order valence-corrected chi connectivity index (χ4v) is 4.15. The van der Waals surface area contributed by atoms with Gasteiger partial charge in [-0.1, -0.05) is 37.6 Å². The van der Waals surface area contributed by atoms with E-state index in [-0.39, 0.29) is 5.60 Å². The fraction of sp³-hybridized carbons (Fsp3) is 0.700. The van der Waals surface area contributed by atoms with Crippen molar-refractivity contribution in [3.8, 4) is 0 Å². The van der Waals surface area contributed by atoms with Crippen molar-refractivity contribution in [2.75, 3.05) is 0 Å². The van der Waals surface area contributed by atoms with Crippen LogP contribution in [0.2, 0.25) is 0 Å². The van der Waals surface area contributed by atoms with E-state index in [2.05, 4.69) is 52.8 Å². The van der Waals surface area contributed by atoms with Gasteiger partial charge in [0.1, 0.15) is 0 Å². The molecule has 0 bridgehead atoms. The minimum atomic E-state index is 0.148. The molecular weight excluding hydrogens is 256 g/mol. The largest absolute Gasteiger partial charge is 0.367 e. The molecule has 3 unspecified atom stereocenters. The van der Waals surface area contributed by atoms with Crippen molar-refractivity contribution in [2.45, 2.75) is 83.8 Å². The molecule has 3 rings (SSSR count). The summed E-state index contributed by atoms with van der Waals surface area (Å²) in [5.74, 6) is 2.24. The Balaban J connectivity index is 1.71. The van der Waals surface area contributed by atoms with Crippen LogP contribution in [0.5, 0.6) is 0 Å². The molecule has 1 heteroatoms. The molecule has 4 atom stereocenters. The van der Waals surface area contributed by atoms with Crippen molar-refractivity contribution in [3.63, 3.8) is 0 Å². The number of rotatable bonds is 4. The van der Waals surface area contributed by atoms with E-state index in [9.17, 15) is 0 Å². The second-order valence-electron chi connectivity index (χ2n) is 7.98. The topological polar surface area (TPSA) is 12.5 Å². The molecule has 0 spiro atoms. The first kappa shape index (κ1) is 15.1. The summed E-state index contributed by atoms with van der Waals surface area (Å²) in [6.07, 6.45) is 5.71. The number of benzene rings is 1. The summed E-state index contributed by atoms with van der Waals surface area (Å²) >= 11 is 0. The molecule has 1 heterocycles. The Labute approximate surface area is 130 Å². The van der Waals surface area contributed by atoms with E-state index in [1.54, 1.807) is 11.1 Å². The van der Waals surface area contributed by atoms with Gasteiger partial charge < -0.3 is 4.74 Å². The minimum Gasteiger partial charge on any atom is -0.367 e. The van der Waals surface area contributed by atoms with Gasteiger partial charge in [0.15, 0.2) is 0 Å². The first-order chi connectivity index (χ1) is 9.88. The lowest BCUT2D eigenvalue weighted by atomic mass is 9.71. The molecule has 2 aliphatic rings. The first-order valence-corrected chi connectivity index (χ1v) is 8.66. The summed E-state index contributed by atoms with van der Waals surface area (Å²) in [6.45, 7) is 11.5. The molecule has 1 aliphatic carbocycles. The Hall–Kier alpha value is -0.820. The van der Waals surface area contributed by atoms with E-state index in [1.807, 2.05) is 0 Å². The maximum atomic E-state index is 5.75. The van der Waals surface area contributed by atoms with Crippen LogP contribution in [0.1, 0.15) is 81.9 Å². The number of epoxide rings is 1. The predicted molar refractivity (Wildman–Crippen MR) is 88.9 cm³/mol. The van der Waals surface area contributed by atoms with Gasteiger partial charge in [-0.25, -0.2) is 0 Å². The number of aryl methyl sites for hydroxylation is 1. The summed E-state index contributed by atoms with van der Waals surface area (Å²) in [4.78, 5) is 0. The number of fused-ring (bicyclic) bond motifs is 1. The van der Waals surface area contributed by atoms with Crippen molar-refractivity contribution in [1.29, 1.82) is 0 Å². The number of hydrogen-bond donors (Lipinski definition) is 0. The highest BCUT2D eigenvalue weighted by Gasteiger charge is 2.47. The maximum absolute atomic E-state index is 5.75. The number of ether oxygens (including phenoxy) is 1. The third kappa shape index (κ3) is 3.04. The van der Waals surface area contributed by atoms with E-state index >= 15 is 0 Å². The maximum Gasteiger partial charge on any atom is 0.0892 e. The lowest BCUT2D eigenvalue weighted by molar-refractivity contribution is 0.303. The lowest BCUT2D eigenvalue weighted by Crippen LogP contribution is -2.19. The summed E-state index contributed by atoms with van der Waals surface area (Å²) < 4.78 is 5.75. The molecule has 0 saturated carbocycles. The van der Waals surface area contributed by atoms with Gasteiger partial charge in [-0.05, 0) is 75.3 Å². The van der Waals surface area contributed by atoms with Crippen LogP contribution in [0.25, 0.3) is 0 Å². The molecule has 1 aromatic rings. The Kier molecular flexibility index (Phi) is 3.90.